The molecular weight excluding hydrogens is 288 g/mol. The Bertz CT molecular complexity index is 596. The number of anilines is 1. The second-order valence-corrected chi connectivity index (χ2v) is 5.66. The van der Waals surface area contributed by atoms with Crippen molar-refractivity contribution in [2.45, 2.75) is 6.54 Å². The van der Waals surface area contributed by atoms with Crippen LogP contribution in [0.1, 0.15) is 15.2 Å². The van der Waals surface area contributed by atoms with Gasteiger partial charge in [0.25, 0.3) is 5.91 Å². The molecule has 0 bridgehead atoms. The van der Waals surface area contributed by atoms with Gasteiger partial charge in [-0.3, -0.25) is 9.78 Å². The average Bonchev–Trinajstić information content (AvgIpc) is 3.04. The molecule has 1 saturated heterocycles. The van der Waals surface area contributed by atoms with Gasteiger partial charge in [-0.05, 0) is 11.6 Å². The Kier molecular flexibility index (Phi) is 4.42. The van der Waals surface area contributed by atoms with E-state index in [1.165, 1.54) is 11.3 Å². The maximum Gasteiger partial charge on any atom is 0.263 e. The number of morpholine rings is 1. The molecule has 1 fully saturated rings. The molecule has 1 amide bonds. The van der Waals surface area contributed by atoms with Gasteiger partial charge >= 0.3 is 0 Å². The summed E-state index contributed by atoms with van der Waals surface area (Å²) >= 11 is 1.41. The van der Waals surface area contributed by atoms with Crippen LogP contribution >= 0.6 is 11.3 Å². The van der Waals surface area contributed by atoms with Gasteiger partial charge in [-0.25, -0.2) is 4.98 Å². The lowest BCUT2D eigenvalue weighted by atomic mass is 10.3. The van der Waals surface area contributed by atoms with E-state index < -0.39 is 0 Å². The Morgan fingerprint density at radius 1 is 1.38 bits per heavy atom. The van der Waals surface area contributed by atoms with Crippen LogP contribution in [0.4, 0.5) is 5.13 Å². The molecule has 0 aromatic carbocycles. The smallest absolute Gasteiger partial charge is 0.263 e. The Morgan fingerprint density at radius 3 is 3.00 bits per heavy atom. The monoisotopic (exact) mass is 304 g/mol. The first-order valence-corrected chi connectivity index (χ1v) is 7.60. The highest BCUT2D eigenvalue weighted by atomic mass is 32.1. The Hall–Kier alpha value is -1.99. The minimum absolute atomic E-state index is 0.101. The molecule has 0 atom stereocenters. The molecule has 0 saturated carbocycles. The highest BCUT2D eigenvalue weighted by Crippen LogP contribution is 2.23. The third-order valence-corrected chi connectivity index (χ3v) is 4.23. The molecule has 0 aliphatic carbocycles. The van der Waals surface area contributed by atoms with Crippen molar-refractivity contribution in [3.05, 3.63) is 41.2 Å². The molecule has 2 aromatic rings. The molecule has 2 aromatic heterocycles. The van der Waals surface area contributed by atoms with Gasteiger partial charge in [-0.15, -0.1) is 0 Å². The van der Waals surface area contributed by atoms with E-state index in [9.17, 15) is 4.79 Å². The van der Waals surface area contributed by atoms with E-state index in [4.69, 9.17) is 4.74 Å². The quantitative estimate of drug-likeness (QED) is 0.922. The first-order valence-electron chi connectivity index (χ1n) is 6.78. The molecule has 21 heavy (non-hydrogen) atoms. The van der Waals surface area contributed by atoms with Crippen molar-refractivity contribution in [1.82, 2.24) is 15.3 Å². The zero-order valence-electron chi connectivity index (χ0n) is 11.5. The van der Waals surface area contributed by atoms with Gasteiger partial charge in [-0.1, -0.05) is 17.4 Å². The van der Waals surface area contributed by atoms with Crippen molar-refractivity contribution in [2.24, 2.45) is 0 Å². The van der Waals surface area contributed by atoms with E-state index in [1.807, 2.05) is 12.1 Å². The molecule has 3 rings (SSSR count). The summed E-state index contributed by atoms with van der Waals surface area (Å²) in [5.74, 6) is -0.101. The van der Waals surface area contributed by atoms with E-state index in [-0.39, 0.29) is 5.91 Å². The van der Waals surface area contributed by atoms with Crippen LogP contribution in [0, 0.1) is 0 Å². The first kappa shape index (κ1) is 14.0. The van der Waals surface area contributed by atoms with Crippen LogP contribution in [0.5, 0.6) is 0 Å². The maximum absolute atomic E-state index is 12.1. The number of ether oxygens (including phenoxy) is 1. The van der Waals surface area contributed by atoms with Crippen molar-refractivity contribution in [3.8, 4) is 0 Å². The van der Waals surface area contributed by atoms with Gasteiger partial charge in [0, 0.05) is 32.0 Å². The van der Waals surface area contributed by atoms with Gasteiger partial charge in [0.1, 0.15) is 4.88 Å². The number of aromatic nitrogens is 2. The maximum atomic E-state index is 12.1. The number of carbonyl (C=O) groups is 1. The molecule has 3 heterocycles. The molecule has 110 valence electrons. The minimum Gasteiger partial charge on any atom is -0.378 e. The average molecular weight is 304 g/mol. The number of thiazole rings is 1. The topological polar surface area (TPSA) is 67.4 Å². The first-order chi connectivity index (χ1) is 10.3. The lowest BCUT2D eigenvalue weighted by Crippen LogP contribution is -2.36. The van der Waals surface area contributed by atoms with Gasteiger partial charge in [0.15, 0.2) is 5.13 Å². The molecule has 6 nitrogen and oxygen atoms in total. The highest BCUT2D eigenvalue weighted by molar-refractivity contribution is 7.17. The normalized spacial score (nSPS) is 15.0. The molecule has 1 aliphatic rings. The molecule has 0 unspecified atom stereocenters. The summed E-state index contributed by atoms with van der Waals surface area (Å²) in [5.41, 5.74) is 0.976. The molecule has 7 heteroatoms. The number of hydrogen-bond acceptors (Lipinski definition) is 6. The highest BCUT2D eigenvalue weighted by Gasteiger charge is 2.17. The summed E-state index contributed by atoms with van der Waals surface area (Å²) in [5, 5.41) is 3.76. The van der Waals surface area contributed by atoms with Crippen molar-refractivity contribution in [3.63, 3.8) is 0 Å². The fraction of sp³-hybridized carbons (Fsp3) is 0.357. The summed E-state index contributed by atoms with van der Waals surface area (Å²) in [6, 6.07) is 3.78. The molecule has 0 radical (unpaired) electrons. The van der Waals surface area contributed by atoms with Crippen molar-refractivity contribution in [1.29, 1.82) is 0 Å². The number of pyridine rings is 1. The van der Waals surface area contributed by atoms with Crippen LogP contribution in [-0.4, -0.2) is 42.2 Å². The third kappa shape index (κ3) is 3.56. The van der Waals surface area contributed by atoms with E-state index in [0.717, 1.165) is 23.8 Å². The van der Waals surface area contributed by atoms with E-state index in [0.29, 0.717) is 24.6 Å². The fourth-order valence-electron chi connectivity index (χ4n) is 2.04. The number of rotatable bonds is 4. The van der Waals surface area contributed by atoms with Crippen LogP contribution in [-0.2, 0) is 11.3 Å². The minimum atomic E-state index is -0.101. The molecule has 1 aliphatic heterocycles. The van der Waals surface area contributed by atoms with Crippen molar-refractivity contribution < 1.29 is 9.53 Å². The van der Waals surface area contributed by atoms with Crippen LogP contribution in [0.15, 0.2) is 30.7 Å². The predicted molar refractivity (Wildman–Crippen MR) is 80.6 cm³/mol. The molecular formula is C14H16N4O2S. The van der Waals surface area contributed by atoms with Crippen LogP contribution in [0.2, 0.25) is 0 Å². The van der Waals surface area contributed by atoms with Crippen LogP contribution in [0.25, 0.3) is 0 Å². The summed E-state index contributed by atoms with van der Waals surface area (Å²) < 4.78 is 5.31. The lowest BCUT2D eigenvalue weighted by Gasteiger charge is -2.25. The van der Waals surface area contributed by atoms with Gasteiger partial charge in [0.2, 0.25) is 0 Å². The summed E-state index contributed by atoms with van der Waals surface area (Å²) in [7, 11) is 0. The number of amides is 1. The number of carbonyl (C=O) groups excluding carboxylic acids is 1. The van der Waals surface area contributed by atoms with E-state index in [2.05, 4.69) is 20.2 Å². The summed E-state index contributed by atoms with van der Waals surface area (Å²) in [4.78, 5) is 23.2. The van der Waals surface area contributed by atoms with Crippen molar-refractivity contribution >= 4 is 22.4 Å². The lowest BCUT2D eigenvalue weighted by molar-refractivity contribution is 0.0954. The van der Waals surface area contributed by atoms with Gasteiger partial charge in [0.05, 0.1) is 19.4 Å². The third-order valence-electron chi connectivity index (χ3n) is 3.17. The summed E-state index contributed by atoms with van der Waals surface area (Å²) in [6.07, 6.45) is 5.09. The zero-order valence-corrected chi connectivity index (χ0v) is 12.3. The number of nitrogens with zero attached hydrogens (tertiary/aromatic N) is 3. The predicted octanol–water partition coefficient (Wildman–Crippen LogP) is 1.30. The molecule has 1 N–H and O–H groups in total. The van der Waals surface area contributed by atoms with Crippen LogP contribution < -0.4 is 10.2 Å². The largest absolute Gasteiger partial charge is 0.378 e. The zero-order chi connectivity index (χ0) is 14.5. The number of hydrogen-bond donors (Lipinski definition) is 1. The fourth-order valence-corrected chi connectivity index (χ4v) is 2.93. The second kappa shape index (κ2) is 6.64. The standard InChI is InChI=1S/C14H16N4O2S/c19-13(16-9-11-2-1-3-15-8-11)12-10-17-14(21-12)18-4-6-20-7-5-18/h1-3,8,10H,4-7,9H2,(H,16,19). The summed E-state index contributed by atoms with van der Waals surface area (Å²) in [6.45, 7) is 3.54. The Labute approximate surface area is 126 Å². The Morgan fingerprint density at radius 2 is 2.24 bits per heavy atom. The Balaban J connectivity index is 1.59. The van der Waals surface area contributed by atoms with Gasteiger partial charge < -0.3 is 15.0 Å². The van der Waals surface area contributed by atoms with Gasteiger partial charge in [-0.2, -0.15) is 0 Å². The SMILES string of the molecule is O=C(NCc1cccnc1)c1cnc(N2CCOCC2)s1. The second-order valence-electron chi connectivity index (χ2n) is 4.65. The van der Waals surface area contributed by atoms with Crippen molar-refractivity contribution in [2.75, 3.05) is 31.2 Å². The molecule has 0 spiro atoms. The van der Waals surface area contributed by atoms with Crippen LogP contribution in [0.3, 0.4) is 0 Å². The number of nitrogens with one attached hydrogen (secondary N) is 1. The van der Waals surface area contributed by atoms with E-state index >= 15 is 0 Å². The van der Waals surface area contributed by atoms with E-state index in [1.54, 1.807) is 18.6 Å².